The van der Waals surface area contributed by atoms with E-state index in [1.54, 1.807) is 7.11 Å². The van der Waals surface area contributed by atoms with Crippen LogP contribution in [0.15, 0.2) is 72.8 Å². The number of hydrogen-bond donors (Lipinski definition) is 1. The maximum absolute atomic E-state index is 5.85. The van der Waals surface area contributed by atoms with Crippen LogP contribution in [0.5, 0.6) is 5.75 Å². The van der Waals surface area contributed by atoms with Gasteiger partial charge in [0.2, 0.25) is 0 Å². The maximum Gasteiger partial charge on any atom is 0.125 e. The van der Waals surface area contributed by atoms with Crippen LogP contribution in [0.4, 0.5) is 0 Å². The Hall–Kier alpha value is -2.62. The average Bonchev–Trinajstić information content (AvgIpc) is 2.72. The van der Waals surface area contributed by atoms with E-state index in [0.717, 1.165) is 34.4 Å². The molecule has 0 saturated carbocycles. The molecule has 134 valence electrons. The lowest BCUT2D eigenvalue weighted by molar-refractivity contribution is 0.118. The third-order valence-corrected chi connectivity index (χ3v) is 4.36. The maximum atomic E-state index is 5.85. The van der Waals surface area contributed by atoms with Gasteiger partial charge in [0.1, 0.15) is 5.75 Å². The van der Waals surface area contributed by atoms with Gasteiger partial charge in [-0.3, -0.25) is 0 Å². The van der Waals surface area contributed by atoms with Gasteiger partial charge in [-0.2, -0.15) is 0 Å². The van der Waals surface area contributed by atoms with Gasteiger partial charge < -0.3 is 15.2 Å². The molecule has 3 nitrogen and oxygen atoms in total. The van der Waals surface area contributed by atoms with E-state index >= 15 is 0 Å². The van der Waals surface area contributed by atoms with E-state index in [2.05, 4.69) is 48.5 Å². The minimum atomic E-state index is 0.502. The quantitative estimate of drug-likeness (QED) is 0.590. The summed E-state index contributed by atoms with van der Waals surface area (Å²) in [6, 6.07) is 25.0. The minimum Gasteiger partial charge on any atom is -0.496 e. The SMILES string of the molecule is COc1cc(-c2ccccc2)cc(-c2ccccc2)c1COCCCN. The summed E-state index contributed by atoms with van der Waals surface area (Å²) >= 11 is 0. The Morgan fingerprint density at radius 3 is 2.08 bits per heavy atom. The fourth-order valence-corrected chi connectivity index (χ4v) is 3.01. The van der Waals surface area contributed by atoms with Gasteiger partial charge in [-0.1, -0.05) is 60.7 Å². The average molecular weight is 347 g/mol. The zero-order chi connectivity index (χ0) is 18.2. The Bertz CT molecular complexity index is 816. The Labute approximate surface area is 155 Å². The van der Waals surface area contributed by atoms with Crippen LogP contribution in [0.25, 0.3) is 22.3 Å². The monoisotopic (exact) mass is 347 g/mol. The zero-order valence-corrected chi connectivity index (χ0v) is 15.2. The molecule has 2 N–H and O–H groups in total. The number of methoxy groups -OCH3 is 1. The molecular formula is C23H25NO2. The highest BCUT2D eigenvalue weighted by Gasteiger charge is 2.14. The van der Waals surface area contributed by atoms with Crippen molar-refractivity contribution < 1.29 is 9.47 Å². The number of hydrogen-bond acceptors (Lipinski definition) is 3. The molecule has 3 aromatic carbocycles. The van der Waals surface area contributed by atoms with Crippen LogP contribution < -0.4 is 10.5 Å². The standard InChI is InChI=1S/C23H25NO2/c1-25-23-16-20(18-9-4-2-5-10-18)15-21(19-11-6-3-7-12-19)22(23)17-26-14-8-13-24/h2-7,9-12,15-16H,8,13-14,17,24H2,1H3. The smallest absolute Gasteiger partial charge is 0.125 e. The van der Waals surface area contributed by atoms with Gasteiger partial charge in [-0.15, -0.1) is 0 Å². The van der Waals surface area contributed by atoms with E-state index in [4.69, 9.17) is 15.2 Å². The summed E-state index contributed by atoms with van der Waals surface area (Å²) in [5.74, 6) is 0.845. The van der Waals surface area contributed by atoms with Crippen LogP contribution in [0.2, 0.25) is 0 Å². The number of nitrogens with two attached hydrogens (primary N) is 1. The van der Waals surface area contributed by atoms with Gasteiger partial charge in [0.05, 0.1) is 13.7 Å². The van der Waals surface area contributed by atoms with E-state index in [1.165, 1.54) is 5.56 Å². The van der Waals surface area contributed by atoms with Gasteiger partial charge in [-0.05, 0) is 47.4 Å². The molecule has 0 aliphatic heterocycles. The van der Waals surface area contributed by atoms with Crippen molar-refractivity contribution >= 4 is 0 Å². The molecule has 0 spiro atoms. The van der Waals surface area contributed by atoms with Crippen LogP contribution in [0, 0.1) is 0 Å². The third-order valence-electron chi connectivity index (χ3n) is 4.36. The lowest BCUT2D eigenvalue weighted by Gasteiger charge is -2.17. The molecule has 0 amide bonds. The predicted octanol–water partition coefficient (Wildman–Crippen LogP) is 4.89. The van der Waals surface area contributed by atoms with Crippen molar-refractivity contribution in [2.75, 3.05) is 20.3 Å². The van der Waals surface area contributed by atoms with Gasteiger partial charge in [0, 0.05) is 12.2 Å². The Kier molecular flexibility index (Phi) is 6.42. The van der Waals surface area contributed by atoms with E-state index in [9.17, 15) is 0 Å². The number of ether oxygens (including phenoxy) is 2. The number of rotatable bonds is 8. The summed E-state index contributed by atoms with van der Waals surface area (Å²) < 4.78 is 11.6. The summed E-state index contributed by atoms with van der Waals surface area (Å²) in [5, 5.41) is 0. The molecule has 0 aromatic heterocycles. The summed E-state index contributed by atoms with van der Waals surface area (Å²) in [6.07, 6.45) is 0.852. The highest BCUT2D eigenvalue weighted by molar-refractivity contribution is 5.78. The molecule has 26 heavy (non-hydrogen) atoms. The normalized spacial score (nSPS) is 10.7. The van der Waals surface area contributed by atoms with Crippen LogP contribution in [0.3, 0.4) is 0 Å². The molecule has 0 saturated heterocycles. The second-order valence-electron chi connectivity index (χ2n) is 6.13. The number of benzene rings is 3. The van der Waals surface area contributed by atoms with E-state index in [1.807, 2.05) is 24.3 Å². The van der Waals surface area contributed by atoms with Crippen molar-refractivity contribution in [3.05, 3.63) is 78.4 Å². The minimum absolute atomic E-state index is 0.502. The molecule has 0 aliphatic carbocycles. The predicted molar refractivity (Wildman–Crippen MR) is 107 cm³/mol. The molecule has 3 rings (SSSR count). The van der Waals surface area contributed by atoms with Crippen LogP contribution in [-0.2, 0) is 11.3 Å². The summed E-state index contributed by atoms with van der Waals surface area (Å²) in [4.78, 5) is 0. The highest BCUT2D eigenvalue weighted by Crippen LogP contribution is 2.36. The van der Waals surface area contributed by atoms with Crippen LogP contribution in [-0.4, -0.2) is 20.3 Å². The lowest BCUT2D eigenvalue weighted by Crippen LogP contribution is -2.06. The van der Waals surface area contributed by atoms with Gasteiger partial charge in [0.25, 0.3) is 0 Å². The second-order valence-corrected chi connectivity index (χ2v) is 6.13. The van der Waals surface area contributed by atoms with E-state index in [-0.39, 0.29) is 0 Å². The lowest BCUT2D eigenvalue weighted by atomic mass is 9.94. The van der Waals surface area contributed by atoms with Crippen molar-refractivity contribution in [1.82, 2.24) is 0 Å². The van der Waals surface area contributed by atoms with Gasteiger partial charge in [0.15, 0.2) is 0 Å². The van der Waals surface area contributed by atoms with Gasteiger partial charge in [-0.25, -0.2) is 0 Å². The molecule has 0 unspecified atom stereocenters. The molecule has 0 fully saturated rings. The topological polar surface area (TPSA) is 44.5 Å². The van der Waals surface area contributed by atoms with Crippen molar-refractivity contribution in [3.8, 4) is 28.0 Å². The first-order chi connectivity index (χ1) is 12.8. The van der Waals surface area contributed by atoms with E-state index < -0.39 is 0 Å². The fourth-order valence-electron chi connectivity index (χ4n) is 3.01. The molecule has 3 heteroatoms. The summed E-state index contributed by atoms with van der Waals surface area (Å²) in [5.41, 5.74) is 11.2. The Balaban J connectivity index is 2.06. The highest BCUT2D eigenvalue weighted by atomic mass is 16.5. The van der Waals surface area contributed by atoms with Crippen LogP contribution >= 0.6 is 0 Å². The Morgan fingerprint density at radius 1 is 0.808 bits per heavy atom. The van der Waals surface area contributed by atoms with E-state index in [0.29, 0.717) is 19.8 Å². The van der Waals surface area contributed by atoms with Crippen molar-refractivity contribution in [2.45, 2.75) is 13.0 Å². The first-order valence-electron chi connectivity index (χ1n) is 8.93. The molecule has 0 heterocycles. The van der Waals surface area contributed by atoms with Gasteiger partial charge >= 0.3 is 0 Å². The summed E-state index contributed by atoms with van der Waals surface area (Å²) in [7, 11) is 1.71. The molecule has 0 bridgehead atoms. The first kappa shape index (κ1) is 18.2. The molecule has 0 aliphatic rings. The third kappa shape index (κ3) is 4.31. The van der Waals surface area contributed by atoms with Crippen LogP contribution in [0.1, 0.15) is 12.0 Å². The largest absolute Gasteiger partial charge is 0.496 e. The van der Waals surface area contributed by atoms with Crippen molar-refractivity contribution in [1.29, 1.82) is 0 Å². The zero-order valence-electron chi connectivity index (χ0n) is 15.2. The molecule has 0 radical (unpaired) electrons. The molecule has 0 atom stereocenters. The van der Waals surface area contributed by atoms with Crippen molar-refractivity contribution in [3.63, 3.8) is 0 Å². The second kappa shape index (κ2) is 9.18. The molecule has 3 aromatic rings. The first-order valence-corrected chi connectivity index (χ1v) is 8.93. The molecular weight excluding hydrogens is 322 g/mol. The summed E-state index contributed by atoms with van der Waals surface area (Å²) in [6.45, 7) is 1.78. The Morgan fingerprint density at radius 2 is 1.46 bits per heavy atom. The van der Waals surface area contributed by atoms with Crippen molar-refractivity contribution in [2.24, 2.45) is 5.73 Å². The fraction of sp³-hybridized carbons (Fsp3) is 0.217.